The summed E-state index contributed by atoms with van der Waals surface area (Å²) in [6, 6.07) is 3.63. The van der Waals surface area contributed by atoms with E-state index in [1.807, 2.05) is 0 Å². The number of ether oxygens (including phenoxy) is 1. The molecule has 0 saturated carbocycles. The fourth-order valence-corrected chi connectivity index (χ4v) is 0.985. The highest BCUT2D eigenvalue weighted by molar-refractivity contribution is 5.57. The van der Waals surface area contributed by atoms with Gasteiger partial charge in [0, 0.05) is 5.56 Å². The number of nitrogens with two attached hydrogens (primary N) is 1. The van der Waals surface area contributed by atoms with Crippen molar-refractivity contribution >= 4 is 5.69 Å². The molecule has 3 N–H and O–H groups in total. The molecule has 0 amide bonds. The molecule has 0 saturated heterocycles. The summed E-state index contributed by atoms with van der Waals surface area (Å²) in [4.78, 5) is 0. The Bertz CT molecular complexity index is 432. The van der Waals surface area contributed by atoms with Crippen molar-refractivity contribution in [1.29, 1.82) is 0 Å². The van der Waals surface area contributed by atoms with Crippen LogP contribution >= 0.6 is 0 Å². The number of halogens is 3. The minimum atomic E-state index is -4.77. The van der Waals surface area contributed by atoms with Crippen LogP contribution in [-0.2, 0) is 0 Å². The van der Waals surface area contributed by atoms with Crippen LogP contribution < -0.4 is 10.5 Å². The van der Waals surface area contributed by atoms with Crippen LogP contribution in [0.2, 0.25) is 0 Å². The third-order valence-corrected chi connectivity index (χ3v) is 1.55. The Kier molecular flexibility index (Phi) is 3.64. The minimum Gasteiger partial charge on any atom is -0.404 e. The molecule has 6 heteroatoms. The molecule has 3 nitrogen and oxygen atoms in total. The van der Waals surface area contributed by atoms with Gasteiger partial charge in [0.1, 0.15) is 6.61 Å². The molecule has 0 spiro atoms. The molecule has 0 aliphatic rings. The van der Waals surface area contributed by atoms with Crippen LogP contribution in [0.4, 0.5) is 18.9 Å². The second-order valence-electron chi connectivity index (χ2n) is 2.76. The van der Waals surface area contributed by atoms with E-state index in [2.05, 4.69) is 16.6 Å². The van der Waals surface area contributed by atoms with Crippen LogP contribution in [0.25, 0.3) is 0 Å². The maximum Gasteiger partial charge on any atom is 0.573 e. The Morgan fingerprint density at radius 1 is 1.38 bits per heavy atom. The number of hydrogen-bond acceptors (Lipinski definition) is 3. The minimum absolute atomic E-state index is 0.165. The summed E-state index contributed by atoms with van der Waals surface area (Å²) in [5.41, 5.74) is 5.58. The lowest BCUT2D eigenvalue weighted by atomic mass is 10.2. The van der Waals surface area contributed by atoms with Crippen LogP contribution in [0.1, 0.15) is 5.56 Å². The molecule has 0 heterocycles. The van der Waals surface area contributed by atoms with Gasteiger partial charge in [-0.15, -0.1) is 13.2 Å². The molecule has 0 aromatic heterocycles. The van der Waals surface area contributed by atoms with Gasteiger partial charge in [0.25, 0.3) is 0 Å². The lowest BCUT2D eigenvalue weighted by molar-refractivity contribution is -0.274. The van der Waals surface area contributed by atoms with E-state index in [1.165, 1.54) is 12.1 Å². The number of anilines is 1. The number of hydrogen-bond donors (Lipinski definition) is 2. The molecule has 0 fully saturated rings. The molecule has 0 bridgehead atoms. The molecule has 1 aromatic rings. The van der Waals surface area contributed by atoms with Crippen molar-refractivity contribution in [2.75, 3.05) is 12.3 Å². The second kappa shape index (κ2) is 4.77. The molecule has 0 aliphatic heterocycles. The van der Waals surface area contributed by atoms with Gasteiger partial charge in [-0.1, -0.05) is 11.8 Å². The first-order valence-corrected chi connectivity index (χ1v) is 4.17. The SMILES string of the molecule is Nc1cc(C#CCO)ccc1OC(F)(F)F. The standard InChI is InChI=1S/C10H8F3NO2/c11-10(12,13)16-9-4-3-7(2-1-5-15)6-8(9)14/h3-4,6,15H,5,14H2. The van der Waals surface area contributed by atoms with Crippen LogP contribution in [0.15, 0.2) is 18.2 Å². The van der Waals surface area contributed by atoms with Gasteiger partial charge < -0.3 is 15.6 Å². The molecular weight excluding hydrogens is 223 g/mol. The monoisotopic (exact) mass is 231 g/mol. The zero-order valence-corrected chi connectivity index (χ0v) is 8.01. The zero-order chi connectivity index (χ0) is 12.2. The highest BCUT2D eigenvalue weighted by Crippen LogP contribution is 2.28. The number of aliphatic hydroxyl groups is 1. The smallest absolute Gasteiger partial charge is 0.404 e. The fraction of sp³-hybridized carbons (Fsp3) is 0.200. The lowest BCUT2D eigenvalue weighted by Gasteiger charge is -2.10. The first-order chi connectivity index (χ1) is 7.42. The Morgan fingerprint density at radius 2 is 2.06 bits per heavy atom. The summed E-state index contributed by atoms with van der Waals surface area (Å²) in [6.07, 6.45) is -4.77. The highest BCUT2D eigenvalue weighted by atomic mass is 19.4. The average molecular weight is 231 g/mol. The van der Waals surface area contributed by atoms with Crippen LogP contribution in [0, 0.1) is 11.8 Å². The molecule has 0 radical (unpaired) electrons. The van der Waals surface area contributed by atoms with Gasteiger partial charge in [0.15, 0.2) is 5.75 Å². The molecule has 86 valence electrons. The van der Waals surface area contributed by atoms with E-state index in [4.69, 9.17) is 10.8 Å². The maximum atomic E-state index is 11.9. The van der Waals surface area contributed by atoms with Crippen molar-refractivity contribution in [3.05, 3.63) is 23.8 Å². The Balaban J connectivity index is 2.92. The summed E-state index contributed by atoms with van der Waals surface area (Å²) in [5, 5.41) is 8.43. The number of alkyl halides is 3. The summed E-state index contributed by atoms with van der Waals surface area (Å²) in [5.74, 6) is 4.38. The highest BCUT2D eigenvalue weighted by Gasteiger charge is 2.31. The zero-order valence-electron chi connectivity index (χ0n) is 8.01. The van der Waals surface area contributed by atoms with Gasteiger partial charge in [-0.25, -0.2) is 0 Å². The van der Waals surface area contributed by atoms with Gasteiger partial charge in [-0.05, 0) is 18.2 Å². The number of aliphatic hydroxyl groups excluding tert-OH is 1. The quantitative estimate of drug-likeness (QED) is 0.569. The topological polar surface area (TPSA) is 55.5 Å². The van der Waals surface area contributed by atoms with E-state index in [1.54, 1.807) is 0 Å². The summed E-state index contributed by atoms with van der Waals surface area (Å²) in [6.45, 7) is -0.333. The van der Waals surface area contributed by atoms with Crippen molar-refractivity contribution in [2.45, 2.75) is 6.36 Å². The number of benzene rings is 1. The normalized spacial score (nSPS) is 10.5. The first kappa shape index (κ1) is 12.2. The molecule has 1 rings (SSSR count). The molecule has 1 aromatic carbocycles. The molecule has 16 heavy (non-hydrogen) atoms. The van der Waals surface area contributed by atoms with E-state index in [0.29, 0.717) is 5.56 Å². The second-order valence-corrected chi connectivity index (χ2v) is 2.76. The van der Waals surface area contributed by atoms with Crippen LogP contribution in [0.3, 0.4) is 0 Å². The van der Waals surface area contributed by atoms with Crippen LogP contribution in [0.5, 0.6) is 5.75 Å². The maximum absolute atomic E-state index is 11.9. The Hall–Kier alpha value is -1.87. The fourth-order valence-electron chi connectivity index (χ4n) is 0.985. The molecule has 0 aliphatic carbocycles. The van der Waals surface area contributed by atoms with E-state index in [9.17, 15) is 13.2 Å². The summed E-state index contributed by atoms with van der Waals surface area (Å²) < 4.78 is 39.3. The predicted octanol–water partition coefficient (Wildman–Crippen LogP) is 1.51. The van der Waals surface area contributed by atoms with E-state index in [-0.39, 0.29) is 12.3 Å². The third kappa shape index (κ3) is 3.71. The van der Waals surface area contributed by atoms with E-state index >= 15 is 0 Å². The first-order valence-electron chi connectivity index (χ1n) is 4.17. The lowest BCUT2D eigenvalue weighted by Crippen LogP contribution is -2.18. The molecule has 0 atom stereocenters. The van der Waals surface area contributed by atoms with Gasteiger partial charge >= 0.3 is 6.36 Å². The van der Waals surface area contributed by atoms with Gasteiger partial charge in [0.05, 0.1) is 5.69 Å². The van der Waals surface area contributed by atoms with Crippen molar-refractivity contribution < 1.29 is 23.0 Å². The van der Waals surface area contributed by atoms with E-state index in [0.717, 1.165) is 6.07 Å². The summed E-state index contributed by atoms with van der Waals surface area (Å²) in [7, 11) is 0. The average Bonchev–Trinajstić information content (AvgIpc) is 2.17. The summed E-state index contributed by atoms with van der Waals surface area (Å²) >= 11 is 0. The molecular formula is C10H8F3NO2. The van der Waals surface area contributed by atoms with Gasteiger partial charge in [0.2, 0.25) is 0 Å². The van der Waals surface area contributed by atoms with Crippen molar-refractivity contribution in [1.82, 2.24) is 0 Å². The predicted molar refractivity (Wildman–Crippen MR) is 51.5 cm³/mol. The third-order valence-electron chi connectivity index (χ3n) is 1.55. The van der Waals surface area contributed by atoms with Crippen LogP contribution in [-0.4, -0.2) is 18.1 Å². The number of nitrogen functional groups attached to an aromatic ring is 1. The van der Waals surface area contributed by atoms with Gasteiger partial charge in [-0.3, -0.25) is 0 Å². The largest absolute Gasteiger partial charge is 0.573 e. The van der Waals surface area contributed by atoms with Gasteiger partial charge in [-0.2, -0.15) is 0 Å². The van der Waals surface area contributed by atoms with E-state index < -0.39 is 12.1 Å². The number of rotatable bonds is 1. The van der Waals surface area contributed by atoms with Crippen molar-refractivity contribution in [2.24, 2.45) is 0 Å². The molecule has 0 unspecified atom stereocenters. The Labute approximate surface area is 89.6 Å². The van der Waals surface area contributed by atoms with Crippen molar-refractivity contribution in [3.63, 3.8) is 0 Å². The van der Waals surface area contributed by atoms with Crippen molar-refractivity contribution in [3.8, 4) is 17.6 Å². The Morgan fingerprint density at radius 3 is 2.56 bits per heavy atom.